The summed E-state index contributed by atoms with van der Waals surface area (Å²) in [6.07, 6.45) is 2.75. The van der Waals surface area contributed by atoms with Crippen molar-refractivity contribution in [2.45, 2.75) is 13.0 Å². The molecule has 8 nitrogen and oxygen atoms in total. The van der Waals surface area contributed by atoms with Gasteiger partial charge in [-0.2, -0.15) is 0 Å². The molecule has 3 aromatic heterocycles. The first-order valence-corrected chi connectivity index (χ1v) is 7.39. The quantitative estimate of drug-likeness (QED) is 0.727. The normalized spacial score (nSPS) is 17.6. The number of aliphatic hydroxyl groups is 1. The Morgan fingerprint density at radius 1 is 1.24 bits per heavy atom. The number of aryl methyl sites for hydroxylation is 1. The highest BCUT2D eigenvalue weighted by molar-refractivity contribution is 6.19. The molecule has 1 amide bonds. The highest BCUT2D eigenvalue weighted by Gasteiger charge is 2.47. The van der Waals surface area contributed by atoms with Gasteiger partial charge in [0, 0.05) is 6.07 Å². The van der Waals surface area contributed by atoms with E-state index in [1.54, 1.807) is 25.1 Å². The fourth-order valence-corrected chi connectivity index (χ4v) is 2.80. The summed E-state index contributed by atoms with van der Waals surface area (Å²) in [5.74, 6) is -1.12. The number of hydrogen-bond donors (Lipinski definition) is 1. The Bertz CT molecular complexity index is 965. The number of anilines is 1. The zero-order valence-electron chi connectivity index (χ0n) is 13.0. The van der Waals surface area contributed by atoms with Crippen molar-refractivity contribution in [3.63, 3.8) is 0 Å². The smallest absolute Gasteiger partial charge is 0.295 e. The molecule has 0 spiro atoms. The molecule has 0 unspecified atom stereocenters. The Kier molecular flexibility index (Phi) is 3.31. The molecule has 0 saturated carbocycles. The third kappa shape index (κ3) is 2.26. The summed E-state index contributed by atoms with van der Waals surface area (Å²) in [4.78, 5) is 26.5. The molecular weight excluding hydrogens is 328 g/mol. The first-order chi connectivity index (χ1) is 12.1. The van der Waals surface area contributed by atoms with Crippen molar-refractivity contribution < 1.29 is 28.1 Å². The maximum Gasteiger partial charge on any atom is 0.295 e. The maximum absolute atomic E-state index is 12.8. The van der Waals surface area contributed by atoms with E-state index < -0.39 is 23.5 Å². The maximum atomic E-state index is 12.8. The Balaban J connectivity index is 1.86. The van der Waals surface area contributed by atoms with E-state index in [9.17, 15) is 14.7 Å². The van der Waals surface area contributed by atoms with Gasteiger partial charge in [0.15, 0.2) is 17.3 Å². The van der Waals surface area contributed by atoms with Gasteiger partial charge in [0.05, 0.1) is 18.1 Å². The van der Waals surface area contributed by atoms with Crippen molar-refractivity contribution in [2.24, 2.45) is 0 Å². The molecule has 0 bridgehead atoms. The molecule has 4 rings (SSSR count). The lowest BCUT2D eigenvalue weighted by Crippen LogP contribution is -2.31. The molecule has 0 aromatic carbocycles. The van der Waals surface area contributed by atoms with Crippen LogP contribution in [0.25, 0.3) is 0 Å². The molecule has 8 heteroatoms. The van der Waals surface area contributed by atoms with Crippen LogP contribution >= 0.6 is 0 Å². The van der Waals surface area contributed by atoms with Crippen LogP contribution in [0.2, 0.25) is 0 Å². The number of furan rings is 2. The summed E-state index contributed by atoms with van der Waals surface area (Å²) in [5, 5.41) is 14.2. The topological polar surface area (TPSA) is 110 Å². The van der Waals surface area contributed by atoms with E-state index in [-0.39, 0.29) is 17.2 Å². The molecule has 0 radical (unpaired) electrons. The molecule has 0 saturated heterocycles. The number of amides is 1. The number of carbonyl (C=O) groups excluding carboxylic acids is 2. The lowest BCUT2D eigenvalue weighted by molar-refractivity contribution is -0.117. The highest BCUT2D eigenvalue weighted by atomic mass is 16.5. The average molecular weight is 340 g/mol. The Labute approximate surface area is 140 Å². The van der Waals surface area contributed by atoms with Gasteiger partial charge < -0.3 is 18.5 Å². The minimum Gasteiger partial charge on any atom is -0.503 e. The summed E-state index contributed by atoms with van der Waals surface area (Å²) in [7, 11) is 0. The predicted octanol–water partition coefficient (Wildman–Crippen LogP) is 2.95. The van der Waals surface area contributed by atoms with Crippen LogP contribution in [0, 0.1) is 6.92 Å². The molecule has 1 aliphatic rings. The number of Topliss-reactive ketones (excluding diaryl/α,β-unsaturated/α-hetero) is 1. The van der Waals surface area contributed by atoms with E-state index in [1.807, 2.05) is 0 Å². The van der Waals surface area contributed by atoms with Crippen LogP contribution < -0.4 is 4.90 Å². The molecule has 25 heavy (non-hydrogen) atoms. The summed E-state index contributed by atoms with van der Waals surface area (Å²) in [5.41, 5.74) is -0.143. The number of carbonyl (C=O) groups is 2. The minimum atomic E-state index is -0.982. The van der Waals surface area contributed by atoms with Crippen molar-refractivity contribution >= 4 is 17.5 Å². The molecule has 126 valence electrons. The largest absolute Gasteiger partial charge is 0.503 e. The Hall–Kier alpha value is -3.55. The van der Waals surface area contributed by atoms with Crippen molar-refractivity contribution in [2.75, 3.05) is 4.90 Å². The summed E-state index contributed by atoms with van der Waals surface area (Å²) in [6.45, 7) is 1.67. The molecule has 0 fully saturated rings. The monoisotopic (exact) mass is 340 g/mol. The summed E-state index contributed by atoms with van der Waals surface area (Å²) in [6, 6.07) is 6.77. The van der Waals surface area contributed by atoms with Gasteiger partial charge in [-0.15, -0.1) is 0 Å². The number of rotatable bonds is 4. The van der Waals surface area contributed by atoms with Crippen molar-refractivity contribution in [3.05, 3.63) is 71.5 Å². The molecule has 4 heterocycles. The van der Waals surface area contributed by atoms with Crippen LogP contribution in [0.1, 0.15) is 28.1 Å². The lowest BCUT2D eigenvalue weighted by Gasteiger charge is -2.21. The molecule has 1 aliphatic heterocycles. The highest BCUT2D eigenvalue weighted by Crippen LogP contribution is 2.41. The standard InChI is InChI=1S/C17H12N2O6/c1-9-8-12(18-25-9)19-14(10-4-2-6-23-10)13(16(21)17(19)22)15(20)11-5-3-7-24-11/h2-8,14,21H,1H3/t14-/m1/s1. The summed E-state index contributed by atoms with van der Waals surface area (Å²) < 4.78 is 15.5. The Morgan fingerprint density at radius 3 is 2.60 bits per heavy atom. The van der Waals surface area contributed by atoms with Gasteiger partial charge in [-0.1, -0.05) is 5.16 Å². The SMILES string of the molecule is Cc1cc(N2C(=O)C(O)=C(C(=O)c3ccco3)[C@H]2c2ccco2)no1. The fraction of sp³-hybridized carbons (Fsp3) is 0.118. The van der Waals surface area contributed by atoms with E-state index in [4.69, 9.17) is 13.4 Å². The third-order valence-corrected chi connectivity index (χ3v) is 3.87. The van der Waals surface area contributed by atoms with E-state index in [2.05, 4.69) is 5.16 Å². The number of nitrogens with zero attached hydrogens (tertiary/aromatic N) is 2. The molecule has 0 aliphatic carbocycles. The first kappa shape index (κ1) is 15.0. The van der Waals surface area contributed by atoms with Crippen LogP contribution in [0.5, 0.6) is 0 Å². The number of aromatic nitrogens is 1. The molecule has 1 atom stereocenters. The number of ketones is 1. The van der Waals surface area contributed by atoms with Gasteiger partial charge in [0.25, 0.3) is 5.91 Å². The van der Waals surface area contributed by atoms with Gasteiger partial charge in [0.1, 0.15) is 17.6 Å². The second-order valence-corrected chi connectivity index (χ2v) is 5.46. The fourth-order valence-electron chi connectivity index (χ4n) is 2.80. The van der Waals surface area contributed by atoms with Crippen LogP contribution in [0.3, 0.4) is 0 Å². The molecule has 3 aromatic rings. The number of hydrogen-bond acceptors (Lipinski definition) is 7. The van der Waals surface area contributed by atoms with Crippen LogP contribution in [0.4, 0.5) is 5.82 Å². The van der Waals surface area contributed by atoms with E-state index in [1.165, 1.54) is 24.7 Å². The van der Waals surface area contributed by atoms with Crippen molar-refractivity contribution in [3.8, 4) is 0 Å². The molecular formula is C17H12N2O6. The number of aliphatic hydroxyl groups excluding tert-OH is 1. The predicted molar refractivity (Wildman–Crippen MR) is 82.9 cm³/mol. The second kappa shape index (κ2) is 5.52. The van der Waals surface area contributed by atoms with Crippen LogP contribution in [-0.2, 0) is 4.79 Å². The second-order valence-electron chi connectivity index (χ2n) is 5.46. The van der Waals surface area contributed by atoms with Crippen molar-refractivity contribution in [1.29, 1.82) is 0 Å². The van der Waals surface area contributed by atoms with Gasteiger partial charge in [0.2, 0.25) is 5.78 Å². The van der Waals surface area contributed by atoms with E-state index in [0.29, 0.717) is 11.5 Å². The lowest BCUT2D eigenvalue weighted by atomic mass is 10.00. The van der Waals surface area contributed by atoms with Crippen molar-refractivity contribution in [1.82, 2.24) is 5.16 Å². The van der Waals surface area contributed by atoms with Crippen LogP contribution in [-0.4, -0.2) is 22.0 Å². The van der Waals surface area contributed by atoms with Gasteiger partial charge >= 0.3 is 0 Å². The first-order valence-electron chi connectivity index (χ1n) is 7.39. The third-order valence-electron chi connectivity index (χ3n) is 3.87. The molecule has 1 N–H and O–H groups in total. The zero-order chi connectivity index (χ0) is 17.6. The van der Waals surface area contributed by atoms with Gasteiger partial charge in [-0.05, 0) is 31.2 Å². The van der Waals surface area contributed by atoms with Crippen LogP contribution in [0.15, 0.2) is 67.5 Å². The zero-order valence-corrected chi connectivity index (χ0v) is 13.0. The average Bonchev–Trinajstić information content (AvgIpc) is 3.36. The van der Waals surface area contributed by atoms with E-state index >= 15 is 0 Å². The Morgan fingerprint density at radius 2 is 2.00 bits per heavy atom. The summed E-state index contributed by atoms with van der Waals surface area (Å²) >= 11 is 0. The van der Waals surface area contributed by atoms with Gasteiger partial charge in [-0.25, -0.2) is 0 Å². The minimum absolute atomic E-state index is 0.00379. The van der Waals surface area contributed by atoms with E-state index in [0.717, 1.165) is 4.90 Å². The van der Waals surface area contributed by atoms with Gasteiger partial charge in [-0.3, -0.25) is 14.5 Å².